The van der Waals surface area contributed by atoms with Crippen LogP contribution in [0.1, 0.15) is 28.2 Å². The summed E-state index contributed by atoms with van der Waals surface area (Å²) >= 11 is 1.31. The van der Waals surface area contributed by atoms with Crippen molar-refractivity contribution in [3.05, 3.63) is 77.2 Å². The molecule has 38 heavy (non-hydrogen) atoms. The Kier molecular flexibility index (Phi) is 6.80. The van der Waals surface area contributed by atoms with Crippen molar-refractivity contribution in [3.63, 3.8) is 0 Å². The number of pyridine rings is 2. The van der Waals surface area contributed by atoms with Gasteiger partial charge in [0, 0.05) is 47.5 Å². The number of rotatable bonds is 6. The maximum absolute atomic E-state index is 13.0. The largest absolute Gasteiger partial charge is 0.326 e. The van der Waals surface area contributed by atoms with E-state index in [9.17, 15) is 18.0 Å². The number of likely N-dealkylation sites (tertiary alicyclic amines) is 1. The van der Waals surface area contributed by atoms with E-state index in [4.69, 9.17) is 0 Å². The van der Waals surface area contributed by atoms with Crippen molar-refractivity contribution in [1.29, 1.82) is 0 Å². The average Bonchev–Trinajstić information content (AvgIpc) is 3.31. The first kappa shape index (κ1) is 25.7. The van der Waals surface area contributed by atoms with Crippen molar-refractivity contribution in [2.75, 3.05) is 18.1 Å². The molecule has 1 unspecified atom stereocenters. The lowest BCUT2D eigenvalue weighted by Gasteiger charge is -2.39. The monoisotopic (exact) mass is 547 g/mol. The number of amides is 2. The minimum atomic E-state index is -3.51. The summed E-state index contributed by atoms with van der Waals surface area (Å²) < 4.78 is 23.6. The average molecular weight is 548 g/mol. The lowest BCUT2D eigenvalue weighted by molar-refractivity contribution is -0.123. The van der Waals surface area contributed by atoms with Gasteiger partial charge in [0.2, 0.25) is 5.91 Å². The molecular weight excluding hydrogens is 522 g/mol. The Labute approximate surface area is 224 Å². The normalized spacial score (nSPS) is 15.1. The molecule has 1 fully saturated rings. The zero-order valence-corrected chi connectivity index (χ0v) is 22.6. The van der Waals surface area contributed by atoms with Crippen molar-refractivity contribution in [2.24, 2.45) is 0 Å². The van der Waals surface area contributed by atoms with E-state index >= 15 is 0 Å². The van der Waals surface area contributed by atoms with Crippen LogP contribution < -0.4 is 5.32 Å². The third-order valence-electron chi connectivity index (χ3n) is 6.28. The topological polar surface area (TPSA) is 122 Å². The number of hydrogen-bond donors (Lipinski definition) is 1. The molecule has 9 nitrogen and oxygen atoms in total. The Balaban J connectivity index is 1.29. The number of aromatic nitrogens is 3. The zero-order chi connectivity index (χ0) is 27.0. The predicted octanol–water partition coefficient (Wildman–Crippen LogP) is 4.14. The van der Waals surface area contributed by atoms with E-state index < -0.39 is 21.8 Å². The van der Waals surface area contributed by atoms with Gasteiger partial charge in [-0.3, -0.25) is 19.6 Å². The summed E-state index contributed by atoms with van der Waals surface area (Å²) in [5, 5.41) is 5.14. The minimum absolute atomic E-state index is 0.0431. The molecule has 1 aliphatic rings. The van der Waals surface area contributed by atoms with E-state index in [-0.39, 0.29) is 16.4 Å². The van der Waals surface area contributed by atoms with Crippen molar-refractivity contribution in [2.45, 2.75) is 31.2 Å². The van der Waals surface area contributed by atoms with Crippen LogP contribution in [-0.2, 0) is 14.6 Å². The molecule has 1 aliphatic heterocycles. The van der Waals surface area contributed by atoms with Crippen LogP contribution in [0.3, 0.4) is 0 Å². The quantitative estimate of drug-likeness (QED) is 0.385. The van der Waals surface area contributed by atoms with Gasteiger partial charge in [0.1, 0.15) is 6.04 Å². The highest BCUT2D eigenvalue weighted by molar-refractivity contribution is 7.90. The van der Waals surface area contributed by atoms with Crippen LogP contribution in [0, 0.1) is 13.8 Å². The number of carbonyl (C=O) groups excluding carboxylic acids is 2. The minimum Gasteiger partial charge on any atom is -0.326 e. The zero-order valence-electron chi connectivity index (χ0n) is 21.0. The van der Waals surface area contributed by atoms with Gasteiger partial charge >= 0.3 is 0 Å². The van der Waals surface area contributed by atoms with Gasteiger partial charge in [-0.25, -0.2) is 13.4 Å². The smallest absolute Gasteiger partial charge is 0.256 e. The van der Waals surface area contributed by atoms with Crippen LogP contribution >= 0.6 is 11.3 Å². The Morgan fingerprint density at radius 3 is 2.42 bits per heavy atom. The number of thiazole rings is 1. The SMILES string of the molecule is Cc1cc(-c2cccc(-c3csc(NC(=O)C4CCN4C(=O)c4cncc(S(C)(=O)=O)c4)n3)c2)cc(C)n1. The van der Waals surface area contributed by atoms with Gasteiger partial charge in [0.25, 0.3) is 5.91 Å². The molecule has 0 saturated carbocycles. The molecule has 1 N–H and O–H groups in total. The summed E-state index contributed by atoms with van der Waals surface area (Å²) in [7, 11) is -3.51. The second kappa shape index (κ2) is 10.1. The summed E-state index contributed by atoms with van der Waals surface area (Å²) in [4.78, 5) is 40.2. The third kappa shape index (κ3) is 5.34. The molecule has 0 radical (unpaired) electrons. The van der Waals surface area contributed by atoms with Crippen molar-refractivity contribution in [3.8, 4) is 22.4 Å². The molecule has 4 aromatic rings. The molecule has 11 heteroatoms. The van der Waals surface area contributed by atoms with E-state index in [0.29, 0.717) is 18.1 Å². The van der Waals surface area contributed by atoms with Crippen molar-refractivity contribution in [1.82, 2.24) is 19.9 Å². The first-order valence-electron chi connectivity index (χ1n) is 11.9. The molecule has 0 aliphatic carbocycles. The van der Waals surface area contributed by atoms with E-state index in [1.807, 2.05) is 49.6 Å². The van der Waals surface area contributed by atoms with E-state index in [1.54, 1.807) is 0 Å². The van der Waals surface area contributed by atoms with Crippen LogP contribution in [0.5, 0.6) is 0 Å². The number of anilines is 1. The van der Waals surface area contributed by atoms with Crippen LogP contribution in [-0.4, -0.2) is 58.9 Å². The fourth-order valence-corrected chi connectivity index (χ4v) is 5.64. The summed E-state index contributed by atoms with van der Waals surface area (Å²) in [6.45, 7) is 4.33. The molecule has 1 atom stereocenters. The van der Waals surface area contributed by atoms with Crippen LogP contribution in [0.4, 0.5) is 5.13 Å². The van der Waals surface area contributed by atoms with Crippen LogP contribution in [0.25, 0.3) is 22.4 Å². The van der Waals surface area contributed by atoms with E-state index in [0.717, 1.165) is 40.0 Å². The molecule has 2 amide bonds. The van der Waals surface area contributed by atoms with Gasteiger partial charge in [-0.05, 0) is 55.7 Å². The molecular formula is C27H25N5O4S2. The molecule has 1 saturated heterocycles. The lowest BCUT2D eigenvalue weighted by atomic mass is 10.0. The van der Waals surface area contributed by atoms with Gasteiger partial charge in [-0.15, -0.1) is 11.3 Å². The second-order valence-electron chi connectivity index (χ2n) is 9.23. The fraction of sp³-hybridized carbons (Fsp3) is 0.222. The first-order valence-corrected chi connectivity index (χ1v) is 14.6. The Bertz CT molecular complexity index is 1650. The van der Waals surface area contributed by atoms with Gasteiger partial charge < -0.3 is 10.2 Å². The molecule has 0 bridgehead atoms. The Hall–Kier alpha value is -3.96. The molecule has 0 spiro atoms. The van der Waals surface area contributed by atoms with Crippen LogP contribution in [0.15, 0.2) is 65.1 Å². The molecule has 5 rings (SSSR count). The lowest BCUT2D eigenvalue weighted by Crippen LogP contribution is -2.56. The molecule has 4 heterocycles. The van der Waals surface area contributed by atoms with Gasteiger partial charge in [0.15, 0.2) is 15.0 Å². The summed E-state index contributed by atoms with van der Waals surface area (Å²) in [5.74, 6) is -0.776. The second-order valence-corrected chi connectivity index (χ2v) is 12.1. The highest BCUT2D eigenvalue weighted by atomic mass is 32.2. The van der Waals surface area contributed by atoms with Crippen molar-refractivity contribution < 1.29 is 18.0 Å². The Morgan fingerprint density at radius 1 is 1.00 bits per heavy atom. The number of aryl methyl sites for hydroxylation is 2. The Morgan fingerprint density at radius 2 is 1.74 bits per heavy atom. The number of nitrogens with one attached hydrogen (secondary N) is 1. The first-order chi connectivity index (χ1) is 18.1. The molecule has 3 aromatic heterocycles. The number of hydrogen-bond acceptors (Lipinski definition) is 8. The summed E-state index contributed by atoms with van der Waals surface area (Å²) in [6.07, 6.45) is 4.06. The maximum Gasteiger partial charge on any atom is 0.256 e. The van der Waals surface area contributed by atoms with E-state index in [1.165, 1.54) is 34.7 Å². The van der Waals surface area contributed by atoms with Crippen LogP contribution in [0.2, 0.25) is 0 Å². The predicted molar refractivity (Wildman–Crippen MR) is 146 cm³/mol. The highest BCUT2D eigenvalue weighted by Gasteiger charge is 2.38. The summed E-state index contributed by atoms with van der Waals surface area (Å²) in [6, 6.07) is 12.7. The van der Waals surface area contributed by atoms with Crippen molar-refractivity contribution >= 4 is 38.1 Å². The third-order valence-corrected chi connectivity index (χ3v) is 8.12. The molecule has 194 valence electrons. The standard InChI is InChI=1S/C27H25N5O4S2/c1-16-9-20(10-17(2)29-16)18-5-4-6-19(11-18)23-15-37-27(30-23)31-25(33)24-7-8-32(24)26(34)21-12-22(14-28-13-21)38(3,35)36/h4-6,9-15,24H,7-8H2,1-3H3,(H,30,31,33). The fourth-order valence-electron chi connectivity index (χ4n) is 4.32. The van der Waals surface area contributed by atoms with Gasteiger partial charge in [-0.1, -0.05) is 18.2 Å². The number of sulfone groups is 1. The number of benzene rings is 1. The van der Waals surface area contributed by atoms with Gasteiger partial charge in [-0.2, -0.15) is 0 Å². The molecule has 1 aromatic carbocycles. The maximum atomic E-state index is 13.0. The summed E-state index contributed by atoms with van der Waals surface area (Å²) in [5.41, 5.74) is 5.81. The number of carbonyl (C=O) groups is 2. The van der Waals surface area contributed by atoms with E-state index in [2.05, 4.69) is 26.3 Å². The highest BCUT2D eigenvalue weighted by Crippen LogP contribution is 2.30. The number of nitrogens with zero attached hydrogens (tertiary/aromatic N) is 4. The van der Waals surface area contributed by atoms with Gasteiger partial charge in [0.05, 0.1) is 16.2 Å².